The molecule has 0 N–H and O–H groups in total. The van der Waals surface area contributed by atoms with Gasteiger partial charge in [-0.3, -0.25) is 0 Å². The van der Waals surface area contributed by atoms with Crippen LogP contribution in [0, 0.1) is 6.92 Å². The van der Waals surface area contributed by atoms with Crippen molar-refractivity contribution in [3.8, 4) is 5.88 Å². The zero-order valence-corrected chi connectivity index (χ0v) is 7.14. The van der Waals surface area contributed by atoms with Gasteiger partial charge in [-0.1, -0.05) is 0 Å². The minimum absolute atomic E-state index is 0.0210. The van der Waals surface area contributed by atoms with Crippen molar-refractivity contribution < 1.29 is 17.9 Å². The molecule has 0 bridgehead atoms. The fraction of sp³-hybridized carbons (Fsp3) is 0.375. The summed E-state index contributed by atoms with van der Waals surface area (Å²) in [5.74, 6) is -0.0210. The Hall–Kier alpha value is -1.26. The summed E-state index contributed by atoms with van der Waals surface area (Å²) in [6.07, 6.45) is -4.35. The molecule has 0 fully saturated rings. The molecule has 0 spiro atoms. The number of aryl methyl sites for hydroxylation is 1. The van der Waals surface area contributed by atoms with Gasteiger partial charge in [-0.25, -0.2) is 4.98 Å². The van der Waals surface area contributed by atoms with Gasteiger partial charge in [0, 0.05) is 11.8 Å². The van der Waals surface area contributed by atoms with E-state index in [1.807, 2.05) is 0 Å². The van der Waals surface area contributed by atoms with Crippen LogP contribution in [0.25, 0.3) is 0 Å². The predicted molar refractivity (Wildman–Crippen MR) is 40.5 cm³/mol. The zero-order chi connectivity index (χ0) is 10.1. The first-order chi connectivity index (χ1) is 5.93. The van der Waals surface area contributed by atoms with Crippen LogP contribution in [-0.2, 0) is 6.18 Å². The van der Waals surface area contributed by atoms with Crippen LogP contribution < -0.4 is 4.74 Å². The molecule has 0 amide bonds. The SMILES string of the molecule is COc1cc(C(F)(F)F)cc(C)n1. The first kappa shape index (κ1) is 9.83. The second-order valence-electron chi connectivity index (χ2n) is 2.54. The van der Waals surface area contributed by atoms with Crippen molar-refractivity contribution in [2.24, 2.45) is 0 Å². The predicted octanol–water partition coefficient (Wildman–Crippen LogP) is 2.42. The van der Waals surface area contributed by atoms with Crippen molar-refractivity contribution in [2.75, 3.05) is 7.11 Å². The summed E-state index contributed by atoms with van der Waals surface area (Å²) in [4.78, 5) is 3.74. The maximum absolute atomic E-state index is 12.2. The number of alkyl halides is 3. The van der Waals surface area contributed by atoms with E-state index in [-0.39, 0.29) is 11.6 Å². The Bertz CT molecular complexity index is 309. The first-order valence-corrected chi connectivity index (χ1v) is 3.53. The molecule has 72 valence electrons. The molecular formula is C8H8F3NO. The summed E-state index contributed by atoms with van der Waals surface area (Å²) < 4.78 is 41.2. The third-order valence-electron chi connectivity index (χ3n) is 1.47. The molecule has 1 aromatic rings. The minimum Gasteiger partial charge on any atom is -0.481 e. The average Bonchev–Trinajstić information content (AvgIpc) is 2.01. The van der Waals surface area contributed by atoms with Gasteiger partial charge in [0.1, 0.15) is 0 Å². The van der Waals surface area contributed by atoms with Gasteiger partial charge in [-0.15, -0.1) is 0 Å². The molecule has 1 rings (SSSR count). The van der Waals surface area contributed by atoms with E-state index in [1.54, 1.807) is 0 Å². The number of methoxy groups -OCH3 is 1. The molecule has 0 saturated carbocycles. The second-order valence-corrected chi connectivity index (χ2v) is 2.54. The Balaban J connectivity index is 3.16. The summed E-state index contributed by atoms with van der Waals surface area (Å²) in [5.41, 5.74) is -0.455. The van der Waals surface area contributed by atoms with Crippen LogP contribution in [0.15, 0.2) is 12.1 Å². The number of ether oxygens (including phenoxy) is 1. The topological polar surface area (TPSA) is 22.1 Å². The van der Waals surface area contributed by atoms with Gasteiger partial charge in [0.05, 0.1) is 12.7 Å². The number of nitrogens with zero attached hydrogens (tertiary/aromatic N) is 1. The van der Waals surface area contributed by atoms with E-state index < -0.39 is 11.7 Å². The summed E-state index contributed by atoms with van der Waals surface area (Å²) in [6, 6.07) is 1.84. The number of hydrogen-bond donors (Lipinski definition) is 0. The van der Waals surface area contributed by atoms with E-state index in [0.29, 0.717) is 0 Å². The zero-order valence-electron chi connectivity index (χ0n) is 7.14. The molecule has 0 saturated heterocycles. The summed E-state index contributed by atoms with van der Waals surface area (Å²) >= 11 is 0. The van der Waals surface area contributed by atoms with Crippen LogP contribution in [0.3, 0.4) is 0 Å². The minimum atomic E-state index is -4.35. The molecule has 0 radical (unpaired) electrons. The van der Waals surface area contributed by atoms with E-state index in [4.69, 9.17) is 0 Å². The highest BCUT2D eigenvalue weighted by Crippen LogP contribution is 2.31. The number of rotatable bonds is 1. The van der Waals surface area contributed by atoms with Crippen LogP contribution in [-0.4, -0.2) is 12.1 Å². The van der Waals surface area contributed by atoms with E-state index in [2.05, 4.69) is 9.72 Å². The van der Waals surface area contributed by atoms with Crippen molar-refractivity contribution in [1.29, 1.82) is 0 Å². The van der Waals surface area contributed by atoms with Gasteiger partial charge in [0.2, 0.25) is 5.88 Å². The van der Waals surface area contributed by atoms with E-state index in [9.17, 15) is 13.2 Å². The monoisotopic (exact) mass is 191 g/mol. The van der Waals surface area contributed by atoms with Crippen LogP contribution in [0.4, 0.5) is 13.2 Å². The van der Waals surface area contributed by atoms with Crippen LogP contribution in [0.1, 0.15) is 11.3 Å². The molecular weight excluding hydrogens is 183 g/mol. The third-order valence-corrected chi connectivity index (χ3v) is 1.47. The molecule has 1 heterocycles. The molecule has 0 aliphatic heterocycles. The molecule has 0 atom stereocenters. The van der Waals surface area contributed by atoms with E-state index in [0.717, 1.165) is 12.1 Å². The first-order valence-electron chi connectivity index (χ1n) is 3.53. The lowest BCUT2D eigenvalue weighted by atomic mass is 10.2. The maximum Gasteiger partial charge on any atom is 0.416 e. The lowest BCUT2D eigenvalue weighted by molar-refractivity contribution is -0.137. The standard InChI is InChI=1S/C8H8F3NO/c1-5-3-6(8(9,10)11)4-7(12-5)13-2/h3-4H,1-2H3. The van der Waals surface area contributed by atoms with E-state index >= 15 is 0 Å². The van der Waals surface area contributed by atoms with Crippen molar-refractivity contribution >= 4 is 0 Å². The number of pyridine rings is 1. The highest BCUT2D eigenvalue weighted by Gasteiger charge is 2.31. The normalized spacial score (nSPS) is 11.5. The molecule has 0 aliphatic carbocycles. The van der Waals surface area contributed by atoms with Gasteiger partial charge >= 0.3 is 6.18 Å². The fourth-order valence-corrected chi connectivity index (χ4v) is 0.906. The van der Waals surface area contributed by atoms with Crippen molar-refractivity contribution in [1.82, 2.24) is 4.98 Å². The molecule has 0 aliphatic rings. The Kier molecular flexibility index (Phi) is 2.45. The highest BCUT2D eigenvalue weighted by molar-refractivity contribution is 5.26. The van der Waals surface area contributed by atoms with Crippen LogP contribution in [0.2, 0.25) is 0 Å². The lowest BCUT2D eigenvalue weighted by Crippen LogP contribution is -2.06. The fourth-order valence-electron chi connectivity index (χ4n) is 0.906. The summed E-state index contributed by atoms with van der Waals surface area (Å²) in [5, 5.41) is 0. The Labute approximate surface area is 73.4 Å². The van der Waals surface area contributed by atoms with Crippen LogP contribution >= 0.6 is 0 Å². The molecule has 0 aromatic carbocycles. The van der Waals surface area contributed by atoms with E-state index in [1.165, 1.54) is 14.0 Å². The summed E-state index contributed by atoms with van der Waals surface area (Å²) in [6.45, 7) is 1.48. The average molecular weight is 191 g/mol. The number of hydrogen-bond acceptors (Lipinski definition) is 2. The van der Waals surface area contributed by atoms with Gasteiger partial charge in [0.15, 0.2) is 0 Å². The Morgan fingerprint density at radius 1 is 1.31 bits per heavy atom. The van der Waals surface area contributed by atoms with Gasteiger partial charge < -0.3 is 4.74 Å². The quantitative estimate of drug-likeness (QED) is 0.680. The Morgan fingerprint density at radius 2 is 1.92 bits per heavy atom. The molecule has 5 heteroatoms. The van der Waals surface area contributed by atoms with Crippen molar-refractivity contribution in [2.45, 2.75) is 13.1 Å². The Morgan fingerprint density at radius 3 is 2.38 bits per heavy atom. The molecule has 1 aromatic heterocycles. The lowest BCUT2D eigenvalue weighted by Gasteiger charge is -2.08. The largest absolute Gasteiger partial charge is 0.481 e. The van der Waals surface area contributed by atoms with Crippen molar-refractivity contribution in [3.63, 3.8) is 0 Å². The van der Waals surface area contributed by atoms with Gasteiger partial charge in [-0.05, 0) is 13.0 Å². The van der Waals surface area contributed by atoms with Gasteiger partial charge in [0.25, 0.3) is 0 Å². The molecule has 0 unspecified atom stereocenters. The number of aromatic nitrogens is 1. The molecule has 13 heavy (non-hydrogen) atoms. The highest BCUT2D eigenvalue weighted by atomic mass is 19.4. The second kappa shape index (κ2) is 3.24. The molecule has 2 nitrogen and oxygen atoms in total. The maximum atomic E-state index is 12.2. The van der Waals surface area contributed by atoms with Crippen LogP contribution in [0.5, 0.6) is 5.88 Å². The van der Waals surface area contributed by atoms with Gasteiger partial charge in [-0.2, -0.15) is 13.2 Å². The smallest absolute Gasteiger partial charge is 0.416 e. The third kappa shape index (κ3) is 2.34. The number of halogens is 3. The van der Waals surface area contributed by atoms with Crippen molar-refractivity contribution in [3.05, 3.63) is 23.4 Å². The summed E-state index contributed by atoms with van der Waals surface area (Å²) in [7, 11) is 1.28.